The molecule has 0 amide bonds. The number of nitrogens with zero attached hydrogens (tertiary/aromatic N) is 7. The maximum absolute atomic E-state index is 5.39. The van der Waals surface area contributed by atoms with Crippen molar-refractivity contribution in [1.29, 1.82) is 0 Å². The molecule has 0 aliphatic carbocycles. The Labute approximate surface area is 392 Å². The molecule has 0 N–H and O–H groups in total. The summed E-state index contributed by atoms with van der Waals surface area (Å²) in [6, 6.07) is 82.1. The lowest BCUT2D eigenvalue weighted by atomic mass is 10.00. The average Bonchev–Trinajstić information content (AvgIpc) is 3.95. The SMILES string of the molecule is c1ccc(-c2cccc(-c3cc(-c4ccccc4-n4c5ccccc5c5ccc6c7ccccc7n(-c7nc(-c8ccccc8)nc(-c8ccccc8)n7)c6c54)nc(-c4ccccc4)n3)c2)cc1. The lowest BCUT2D eigenvalue weighted by Crippen LogP contribution is -2.07. The highest BCUT2D eigenvalue weighted by molar-refractivity contribution is 6.24. The standard InChI is InChI=1S/C61H39N7/c1-5-20-40(21-6-1)44-28-19-29-45(38-44)51-39-52(63-58(62-51)41-22-7-2-8-23-41)50-32-15-18-35-55(50)67-53-33-16-13-30-46(53)48-36-37-49-47-31-14-17-34-54(47)68(57(49)56(48)67)61-65-59(42-24-9-3-10-25-42)64-60(66-61)43-26-11-4-12-27-43/h1-39H. The van der Waals surface area contributed by atoms with E-state index in [1.165, 1.54) is 0 Å². The van der Waals surface area contributed by atoms with Crippen LogP contribution in [0.15, 0.2) is 237 Å². The molecule has 0 atom stereocenters. The minimum atomic E-state index is 0.534. The van der Waals surface area contributed by atoms with E-state index in [9.17, 15) is 0 Å². The van der Waals surface area contributed by atoms with Crippen molar-refractivity contribution in [3.63, 3.8) is 0 Å². The number of rotatable bonds is 8. The summed E-state index contributed by atoms with van der Waals surface area (Å²) in [7, 11) is 0. The topological polar surface area (TPSA) is 74.3 Å². The van der Waals surface area contributed by atoms with Crippen LogP contribution in [0.5, 0.6) is 0 Å². The Hall–Kier alpha value is -9.33. The van der Waals surface area contributed by atoms with E-state index in [1.807, 2.05) is 60.7 Å². The molecule has 7 heteroatoms. The summed E-state index contributed by atoms with van der Waals surface area (Å²) >= 11 is 0. The van der Waals surface area contributed by atoms with Crippen LogP contribution in [0, 0.1) is 0 Å². The lowest BCUT2D eigenvalue weighted by molar-refractivity contribution is 0.953. The highest BCUT2D eigenvalue weighted by Gasteiger charge is 2.25. The van der Waals surface area contributed by atoms with Gasteiger partial charge in [-0.1, -0.05) is 206 Å². The molecule has 0 radical (unpaired) electrons. The first kappa shape index (κ1) is 39.1. The van der Waals surface area contributed by atoms with Crippen LogP contribution in [-0.2, 0) is 0 Å². The fraction of sp³-hybridized carbons (Fsp3) is 0. The first-order valence-electron chi connectivity index (χ1n) is 22.8. The third kappa shape index (κ3) is 6.64. The van der Waals surface area contributed by atoms with Gasteiger partial charge in [0.15, 0.2) is 17.5 Å². The minimum Gasteiger partial charge on any atom is -0.306 e. The van der Waals surface area contributed by atoms with Crippen LogP contribution in [0.3, 0.4) is 0 Å². The fourth-order valence-electron chi connectivity index (χ4n) is 9.68. The van der Waals surface area contributed by atoms with E-state index in [0.29, 0.717) is 23.4 Å². The van der Waals surface area contributed by atoms with E-state index in [2.05, 4.69) is 185 Å². The second kappa shape index (κ2) is 16.3. The van der Waals surface area contributed by atoms with Gasteiger partial charge in [0.1, 0.15) is 0 Å². The maximum Gasteiger partial charge on any atom is 0.238 e. The third-order valence-electron chi connectivity index (χ3n) is 12.8. The molecular weight excluding hydrogens is 831 g/mol. The van der Waals surface area contributed by atoms with Gasteiger partial charge in [0.25, 0.3) is 0 Å². The molecule has 0 spiro atoms. The van der Waals surface area contributed by atoms with Crippen molar-refractivity contribution in [1.82, 2.24) is 34.1 Å². The number of hydrogen-bond acceptors (Lipinski definition) is 5. The van der Waals surface area contributed by atoms with E-state index < -0.39 is 0 Å². The highest BCUT2D eigenvalue weighted by Crippen LogP contribution is 2.43. The first-order valence-corrected chi connectivity index (χ1v) is 22.8. The van der Waals surface area contributed by atoms with Crippen LogP contribution in [0.2, 0.25) is 0 Å². The number of fused-ring (bicyclic) bond motifs is 7. The van der Waals surface area contributed by atoms with Gasteiger partial charge in [0.05, 0.1) is 39.1 Å². The number of hydrogen-bond donors (Lipinski definition) is 0. The average molecular weight is 870 g/mol. The van der Waals surface area contributed by atoms with Crippen molar-refractivity contribution < 1.29 is 0 Å². The maximum atomic E-state index is 5.39. The fourth-order valence-corrected chi connectivity index (χ4v) is 9.68. The smallest absolute Gasteiger partial charge is 0.238 e. The molecule has 9 aromatic carbocycles. The monoisotopic (exact) mass is 869 g/mol. The van der Waals surface area contributed by atoms with Gasteiger partial charge in [-0.15, -0.1) is 0 Å². The predicted molar refractivity (Wildman–Crippen MR) is 277 cm³/mol. The van der Waals surface area contributed by atoms with E-state index in [-0.39, 0.29) is 0 Å². The zero-order chi connectivity index (χ0) is 45.0. The first-order chi connectivity index (χ1) is 33.7. The van der Waals surface area contributed by atoms with Gasteiger partial charge in [-0.25, -0.2) is 15.0 Å². The second-order valence-electron chi connectivity index (χ2n) is 16.9. The zero-order valence-electron chi connectivity index (χ0n) is 36.6. The molecular formula is C61H39N7. The van der Waals surface area contributed by atoms with Gasteiger partial charge in [-0.2, -0.15) is 9.97 Å². The van der Waals surface area contributed by atoms with Gasteiger partial charge < -0.3 is 4.57 Å². The van der Waals surface area contributed by atoms with Crippen LogP contribution in [0.4, 0.5) is 0 Å². The molecule has 13 rings (SSSR count). The molecule has 0 aliphatic heterocycles. The van der Waals surface area contributed by atoms with Crippen molar-refractivity contribution in [2.24, 2.45) is 0 Å². The Morgan fingerprint density at radius 3 is 1.31 bits per heavy atom. The molecule has 7 nitrogen and oxygen atoms in total. The summed E-state index contributed by atoms with van der Waals surface area (Å²) in [5.41, 5.74) is 13.7. The summed E-state index contributed by atoms with van der Waals surface area (Å²) in [6.45, 7) is 0. The minimum absolute atomic E-state index is 0.534. The molecule has 0 bridgehead atoms. The molecule has 13 aromatic rings. The summed E-state index contributed by atoms with van der Waals surface area (Å²) < 4.78 is 4.65. The number of benzene rings is 9. The van der Waals surface area contributed by atoms with Crippen LogP contribution < -0.4 is 0 Å². The van der Waals surface area contributed by atoms with Gasteiger partial charge in [0.2, 0.25) is 5.95 Å². The van der Waals surface area contributed by atoms with Crippen molar-refractivity contribution in [2.75, 3.05) is 0 Å². The lowest BCUT2D eigenvalue weighted by Gasteiger charge is -2.17. The largest absolute Gasteiger partial charge is 0.306 e. The van der Waals surface area contributed by atoms with Gasteiger partial charge in [-0.05, 0) is 41.5 Å². The van der Waals surface area contributed by atoms with E-state index in [4.69, 9.17) is 24.9 Å². The Bertz CT molecular complexity index is 3950. The van der Waals surface area contributed by atoms with Crippen molar-refractivity contribution in [3.8, 4) is 79.4 Å². The molecule has 318 valence electrons. The summed E-state index contributed by atoms with van der Waals surface area (Å²) in [5, 5.41) is 4.43. The normalized spacial score (nSPS) is 11.5. The molecule has 68 heavy (non-hydrogen) atoms. The molecule has 4 aromatic heterocycles. The van der Waals surface area contributed by atoms with Gasteiger partial charge >= 0.3 is 0 Å². The Balaban J connectivity index is 1.10. The summed E-state index contributed by atoms with van der Waals surface area (Å²) in [4.78, 5) is 26.4. The van der Waals surface area contributed by atoms with E-state index in [1.54, 1.807) is 0 Å². The molecule has 0 saturated heterocycles. The van der Waals surface area contributed by atoms with Crippen molar-refractivity contribution in [3.05, 3.63) is 237 Å². The van der Waals surface area contributed by atoms with Crippen LogP contribution in [0.1, 0.15) is 0 Å². The molecule has 0 aliphatic rings. The third-order valence-corrected chi connectivity index (χ3v) is 12.8. The van der Waals surface area contributed by atoms with Crippen molar-refractivity contribution in [2.45, 2.75) is 0 Å². The summed E-state index contributed by atoms with van der Waals surface area (Å²) in [6.07, 6.45) is 0. The Morgan fingerprint density at radius 1 is 0.265 bits per heavy atom. The highest BCUT2D eigenvalue weighted by atomic mass is 15.2. The predicted octanol–water partition coefficient (Wildman–Crippen LogP) is 14.9. The number of para-hydroxylation sites is 3. The van der Waals surface area contributed by atoms with E-state index in [0.717, 1.165) is 99.6 Å². The summed E-state index contributed by atoms with van der Waals surface area (Å²) in [5.74, 6) is 2.39. The number of aromatic nitrogens is 7. The van der Waals surface area contributed by atoms with E-state index >= 15 is 0 Å². The molecule has 0 fully saturated rings. The van der Waals surface area contributed by atoms with Gasteiger partial charge in [0, 0.05) is 49.4 Å². The van der Waals surface area contributed by atoms with Crippen LogP contribution >= 0.6 is 0 Å². The Morgan fingerprint density at radius 2 is 0.706 bits per heavy atom. The zero-order valence-corrected chi connectivity index (χ0v) is 36.6. The van der Waals surface area contributed by atoms with Crippen LogP contribution in [-0.4, -0.2) is 34.1 Å². The van der Waals surface area contributed by atoms with Gasteiger partial charge in [-0.3, -0.25) is 4.57 Å². The van der Waals surface area contributed by atoms with Crippen molar-refractivity contribution >= 4 is 43.6 Å². The molecule has 4 heterocycles. The quantitative estimate of drug-likeness (QED) is 0.152. The molecule has 0 saturated carbocycles. The van der Waals surface area contributed by atoms with Crippen LogP contribution in [0.25, 0.3) is 123 Å². The second-order valence-corrected chi connectivity index (χ2v) is 16.9. The molecule has 0 unspecified atom stereocenters. The Kier molecular flexibility index (Phi) is 9.35.